The maximum Gasteiger partial charge on any atom is 0.228 e. The lowest BCUT2D eigenvalue weighted by Gasteiger charge is -2.26. The molecular formula is C27H29N3O3. The first-order valence-corrected chi connectivity index (χ1v) is 11.2. The molecule has 0 spiro atoms. The van der Waals surface area contributed by atoms with E-state index in [1.54, 1.807) is 18.2 Å². The van der Waals surface area contributed by atoms with Crippen LogP contribution in [0.4, 0.5) is 0 Å². The Balaban J connectivity index is 1.48. The molecule has 0 radical (unpaired) electrons. The first-order chi connectivity index (χ1) is 16.0. The molecule has 33 heavy (non-hydrogen) atoms. The molecular weight excluding hydrogens is 414 g/mol. The van der Waals surface area contributed by atoms with Crippen molar-refractivity contribution in [3.05, 3.63) is 95.3 Å². The van der Waals surface area contributed by atoms with Gasteiger partial charge in [-0.25, -0.2) is 0 Å². The Labute approximate surface area is 194 Å². The van der Waals surface area contributed by atoms with Crippen LogP contribution in [-0.4, -0.2) is 40.3 Å². The summed E-state index contributed by atoms with van der Waals surface area (Å²) in [5.41, 5.74) is 4.07. The van der Waals surface area contributed by atoms with E-state index < -0.39 is 0 Å². The van der Waals surface area contributed by atoms with Crippen molar-refractivity contribution < 1.29 is 14.3 Å². The van der Waals surface area contributed by atoms with Crippen molar-refractivity contribution in [2.75, 3.05) is 13.7 Å². The van der Waals surface area contributed by atoms with Gasteiger partial charge in [0.05, 0.1) is 25.3 Å². The summed E-state index contributed by atoms with van der Waals surface area (Å²) in [4.78, 5) is 34.3. The molecule has 3 aromatic rings. The molecule has 1 unspecified atom stereocenters. The van der Waals surface area contributed by atoms with Gasteiger partial charge >= 0.3 is 0 Å². The van der Waals surface area contributed by atoms with Gasteiger partial charge in [-0.05, 0) is 42.3 Å². The summed E-state index contributed by atoms with van der Waals surface area (Å²) >= 11 is 0. The minimum absolute atomic E-state index is 0.00672. The van der Waals surface area contributed by atoms with Gasteiger partial charge in [0.1, 0.15) is 5.75 Å². The summed E-state index contributed by atoms with van der Waals surface area (Å²) in [6, 6.07) is 21.5. The SMILES string of the molecule is COc1ccc(CN2CC(C(=O)N(Cc3cccc(C)c3)Cc3ccccn3)CC2=O)cc1. The fourth-order valence-corrected chi connectivity index (χ4v) is 4.23. The van der Waals surface area contributed by atoms with Crippen LogP contribution in [0, 0.1) is 12.8 Å². The fourth-order valence-electron chi connectivity index (χ4n) is 4.23. The molecule has 0 N–H and O–H groups in total. The molecule has 170 valence electrons. The minimum atomic E-state index is -0.357. The van der Waals surface area contributed by atoms with Crippen molar-refractivity contribution in [3.63, 3.8) is 0 Å². The van der Waals surface area contributed by atoms with Gasteiger partial charge in [0, 0.05) is 32.3 Å². The maximum atomic E-state index is 13.6. The van der Waals surface area contributed by atoms with Crippen LogP contribution in [0.25, 0.3) is 0 Å². The van der Waals surface area contributed by atoms with Gasteiger partial charge in [0.15, 0.2) is 0 Å². The summed E-state index contributed by atoms with van der Waals surface area (Å²) in [5, 5.41) is 0. The summed E-state index contributed by atoms with van der Waals surface area (Å²) in [6.07, 6.45) is 1.97. The predicted molar refractivity (Wildman–Crippen MR) is 126 cm³/mol. The molecule has 2 aromatic carbocycles. The number of aryl methyl sites for hydroxylation is 1. The molecule has 0 saturated carbocycles. The quantitative estimate of drug-likeness (QED) is 0.528. The zero-order chi connectivity index (χ0) is 23.2. The highest BCUT2D eigenvalue weighted by atomic mass is 16.5. The van der Waals surface area contributed by atoms with E-state index in [0.717, 1.165) is 28.1 Å². The number of nitrogens with zero attached hydrogens (tertiary/aromatic N) is 3. The van der Waals surface area contributed by atoms with E-state index in [4.69, 9.17) is 4.74 Å². The van der Waals surface area contributed by atoms with Crippen LogP contribution in [0.1, 0.15) is 28.8 Å². The summed E-state index contributed by atoms with van der Waals surface area (Å²) in [5.74, 6) is 0.426. The van der Waals surface area contributed by atoms with Crippen LogP contribution in [-0.2, 0) is 29.2 Å². The third-order valence-corrected chi connectivity index (χ3v) is 5.94. The molecule has 1 aliphatic rings. The van der Waals surface area contributed by atoms with Gasteiger partial charge in [-0.3, -0.25) is 14.6 Å². The number of benzene rings is 2. The highest BCUT2D eigenvalue weighted by Gasteiger charge is 2.36. The Hall–Kier alpha value is -3.67. The van der Waals surface area contributed by atoms with Crippen molar-refractivity contribution in [2.45, 2.75) is 33.0 Å². The first kappa shape index (κ1) is 22.5. The van der Waals surface area contributed by atoms with Gasteiger partial charge in [-0.1, -0.05) is 48.0 Å². The normalized spacial score (nSPS) is 15.5. The van der Waals surface area contributed by atoms with Crippen LogP contribution in [0.2, 0.25) is 0 Å². The molecule has 0 bridgehead atoms. The van der Waals surface area contributed by atoms with Gasteiger partial charge in [-0.2, -0.15) is 0 Å². The second-order valence-corrected chi connectivity index (χ2v) is 8.53. The molecule has 1 saturated heterocycles. The smallest absolute Gasteiger partial charge is 0.228 e. The second-order valence-electron chi connectivity index (χ2n) is 8.53. The van der Waals surface area contributed by atoms with E-state index >= 15 is 0 Å². The number of hydrogen-bond acceptors (Lipinski definition) is 4. The highest BCUT2D eigenvalue weighted by Crippen LogP contribution is 2.25. The number of carbonyl (C=O) groups is 2. The Morgan fingerprint density at radius 1 is 1.06 bits per heavy atom. The van der Waals surface area contributed by atoms with Crippen LogP contribution < -0.4 is 4.74 Å². The maximum absolute atomic E-state index is 13.6. The summed E-state index contributed by atoms with van der Waals surface area (Å²) in [6.45, 7) is 3.86. The van der Waals surface area contributed by atoms with Crippen molar-refractivity contribution in [1.82, 2.24) is 14.8 Å². The number of ether oxygens (including phenoxy) is 1. The lowest BCUT2D eigenvalue weighted by molar-refractivity contribution is -0.137. The molecule has 1 aliphatic heterocycles. The molecule has 1 aromatic heterocycles. The molecule has 6 heteroatoms. The second kappa shape index (κ2) is 10.3. The largest absolute Gasteiger partial charge is 0.497 e. The molecule has 6 nitrogen and oxygen atoms in total. The fraction of sp³-hybridized carbons (Fsp3) is 0.296. The van der Waals surface area contributed by atoms with Crippen LogP contribution in [0.3, 0.4) is 0 Å². The Bertz CT molecular complexity index is 1100. The van der Waals surface area contributed by atoms with Gasteiger partial charge in [0.2, 0.25) is 11.8 Å². The standard InChI is InChI=1S/C27H29N3O3/c1-20-6-5-7-22(14-20)17-30(19-24-8-3-4-13-28-24)27(32)23-15-26(31)29(18-23)16-21-9-11-25(33-2)12-10-21/h3-14,23H,15-19H2,1-2H3. The van der Waals surface area contributed by atoms with E-state index in [1.807, 2.05) is 72.5 Å². The third-order valence-electron chi connectivity index (χ3n) is 5.94. The first-order valence-electron chi connectivity index (χ1n) is 11.2. The molecule has 2 amide bonds. The van der Waals surface area contributed by atoms with Crippen molar-refractivity contribution in [1.29, 1.82) is 0 Å². The average Bonchev–Trinajstić information content (AvgIpc) is 3.19. The van der Waals surface area contributed by atoms with Gasteiger partial charge in [-0.15, -0.1) is 0 Å². The topological polar surface area (TPSA) is 62.7 Å². The lowest BCUT2D eigenvalue weighted by Crippen LogP contribution is -2.37. The highest BCUT2D eigenvalue weighted by molar-refractivity contribution is 5.89. The number of methoxy groups -OCH3 is 1. The predicted octanol–water partition coefficient (Wildman–Crippen LogP) is 3.98. The molecule has 4 rings (SSSR count). The number of carbonyl (C=O) groups excluding carboxylic acids is 2. The van der Waals surface area contributed by atoms with Gasteiger partial charge < -0.3 is 14.5 Å². The molecule has 1 fully saturated rings. The van der Waals surface area contributed by atoms with E-state index in [2.05, 4.69) is 11.1 Å². The van der Waals surface area contributed by atoms with Crippen molar-refractivity contribution in [2.24, 2.45) is 5.92 Å². The molecule has 2 heterocycles. The number of aromatic nitrogens is 1. The Morgan fingerprint density at radius 3 is 2.58 bits per heavy atom. The van der Waals surface area contributed by atoms with E-state index in [9.17, 15) is 9.59 Å². The lowest BCUT2D eigenvalue weighted by atomic mass is 10.1. The van der Waals surface area contributed by atoms with E-state index in [0.29, 0.717) is 26.2 Å². The van der Waals surface area contributed by atoms with E-state index in [1.165, 1.54) is 0 Å². The van der Waals surface area contributed by atoms with Crippen LogP contribution in [0.15, 0.2) is 72.9 Å². The molecule has 1 atom stereocenters. The average molecular weight is 444 g/mol. The Kier molecular flexibility index (Phi) is 7.03. The number of hydrogen-bond donors (Lipinski definition) is 0. The summed E-state index contributed by atoms with van der Waals surface area (Å²) < 4.78 is 5.20. The van der Waals surface area contributed by atoms with Crippen LogP contribution in [0.5, 0.6) is 5.75 Å². The zero-order valence-electron chi connectivity index (χ0n) is 19.1. The number of pyridine rings is 1. The Morgan fingerprint density at radius 2 is 1.88 bits per heavy atom. The third kappa shape index (κ3) is 5.77. The minimum Gasteiger partial charge on any atom is -0.497 e. The van der Waals surface area contributed by atoms with Gasteiger partial charge in [0.25, 0.3) is 0 Å². The van der Waals surface area contributed by atoms with Crippen molar-refractivity contribution >= 4 is 11.8 Å². The number of amides is 2. The van der Waals surface area contributed by atoms with Crippen molar-refractivity contribution in [3.8, 4) is 5.75 Å². The van der Waals surface area contributed by atoms with E-state index in [-0.39, 0.29) is 24.2 Å². The molecule has 0 aliphatic carbocycles. The monoisotopic (exact) mass is 443 g/mol. The number of likely N-dealkylation sites (tertiary alicyclic amines) is 1. The van der Waals surface area contributed by atoms with Crippen LogP contribution >= 0.6 is 0 Å². The number of rotatable bonds is 8. The summed E-state index contributed by atoms with van der Waals surface area (Å²) in [7, 11) is 1.63. The zero-order valence-corrected chi connectivity index (χ0v) is 19.1.